The summed E-state index contributed by atoms with van der Waals surface area (Å²) in [4.78, 5) is 21.7. The number of aryl methyl sites for hydroxylation is 1. The van der Waals surface area contributed by atoms with E-state index in [1.807, 2.05) is 25.3 Å². The van der Waals surface area contributed by atoms with E-state index in [0.29, 0.717) is 12.6 Å². The zero-order valence-electron chi connectivity index (χ0n) is 12.6. The molecule has 0 spiro atoms. The second kappa shape index (κ2) is 6.87. The topological polar surface area (TPSA) is 66.9 Å². The number of carbonyl (C=O) groups excluding carboxylic acids is 1. The molecule has 0 atom stereocenters. The van der Waals surface area contributed by atoms with E-state index in [1.54, 1.807) is 17.5 Å². The molecule has 2 aromatic rings. The van der Waals surface area contributed by atoms with Gasteiger partial charge in [-0.05, 0) is 31.9 Å². The van der Waals surface area contributed by atoms with Gasteiger partial charge in [0.2, 0.25) is 0 Å². The van der Waals surface area contributed by atoms with Gasteiger partial charge in [0.1, 0.15) is 5.01 Å². The highest BCUT2D eigenvalue weighted by molar-refractivity contribution is 7.15. The van der Waals surface area contributed by atoms with Gasteiger partial charge < -0.3 is 10.6 Å². The van der Waals surface area contributed by atoms with Crippen molar-refractivity contribution in [2.24, 2.45) is 0 Å². The minimum atomic E-state index is -0.0809. The Kier molecular flexibility index (Phi) is 4.68. The molecule has 22 heavy (non-hydrogen) atoms. The number of rotatable bonds is 4. The van der Waals surface area contributed by atoms with Crippen LogP contribution in [0, 0.1) is 6.92 Å². The second-order valence-electron chi connectivity index (χ2n) is 5.58. The monoisotopic (exact) mass is 316 g/mol. The minimum absolute atomic E-state index is 0.0809. The Labute approximate surface area is 134 Å². The van der Waals surface area contributed by atoms with Gasteiger partial charge in [0, 0.05) is 28.9 Å². The number of thiazole rings is 1. The summed E-state index contributed by atoms with van der Waals surface area (Å²) in [5.74, 6) is 0. The fourth-order valence-corrected chi connectivity index (χ4v) is 3.66. The maximum atomic E-state index is 11.9. The summed E-state index contributed by atoms with van der Waals surface area (Å²) in [5, 5.41) is 6.91. The van der Waals surface area contributed by atoms with E-state index in [9.17, 15) is 4.79 Å². The Bertz CT molecular complexity index is 635. The number of pyridine rings is 1. The zero-order valence-corrected chi connectivity index (χ0v) is 13.4. The van der Waals surface area contributed by atoms with E-state index in [1.165, 1.54) is 12.8 Å². The predicted octanol–water partition coefficient (Wildman–Crippen LogP) is 3.26. The van der Waals surface area contributed by atoms with Gasteiger partial charge in [0.25, 0.3) is 0 Å². The molecule has 1 saturated carbocycles. The largest absolute Gasteiger partial charge is 0.335 e. The first-order valence-electron chi connectivity index (χ1n) is 7.63. The lowest BCUT2D eigenvalue weighted by Gasteiger charge is -2.12. The van der Waals surface area contributed by atoms with Gasteiger partial charge in [-0.15, -0.1) is 11.3 Å². The van der Waals surface area contributed by atoms with Crippen LogP contribution in [-0.4, -0.2) is 22.0 Å². The molecule has 2 amide bonds. The van der Waals surface area contributed by atoms with Crippen LogP contribution in [0.4, 0.5) is 4.79 Å². The average Bonchev–Trinajstić information content (AvgIpc) is 3.16. The number of urea groups is 1. The highest BCUT2D eigenvalue weighted by Gasteiger charge is 2.17. The molecule has 1 aliphatic rings. The van der Waals surface area contributed by atoms with Crippen molar-refractivity contribution in [2.75, 3.05) is 0 Å². The number of nitrogens with zero attached hydrogens (tertiary/aromatic N) is 2. The number of hydrogen-bond donors (Lipinski definition) is 2. The molecule has 2 N–H and O–H groups in total. The summed E-state index contributed by atoms with van der Waals surface area (Å²) in [6.45, 7) is 2.49. The number of nitrogens with one attached hydrogen (secondary N) is 2. The second-order valence-corrected chi connectivity index (χ2v) is 6.66. The van der Waals surface area contributed by atoms with E-state index in [2.05, 4.69) is 20.6 Å². The van der Waals surface area contributed by atoms with Crippen molar-refractivity contribution >= 4 is 17.4 Å². The Hall–Kier alpha value is -1.95. The summed E-state index contributed by atoms with van der Waals surface area (Å²) in [7, 11) is 0. The van der Waals surface area contributed by atoms with Crippen molar-refractivity contribution in [1.82, 2.24) is 20.6 Å². The van der Waals surface area contributed by atoms with Gasteiger partial charge in [-0.3, -0.25) is 4.98 Å². The molecular formula is C16H20N4OS. The first-order chi connectivity index (χ1) is 10.7. The Morgan fingerprint density at radius 3 is 2.95 bits per heavy atom. The summed E-state index contributed by atoms with van der Waals surface area (Å²) < 4.78 is 0. The smallest absolute Gasteiger partial charge is 0.315 e. The quantitative estimate of drug-likeness (QED) is 0.910. The van der Waals surface area contributed by atoms with Crippen molar-refractivity contribution in [3.8, 4) is 10.6 Å². The lowest BCUT2D eigenvalue weighted by atomic mass is 10.2. The van der Waals surface area contributed by atoms with Crippen molar-refractivity contribution < 1.29 is 4.79 Å². The Balaban J connectivity index is 1.58. The minimum Gasteiger partial charge on any atom is -0.335 e. The number of aromatic nitrogens is 2. The number of amides is 2. The highest BCUT2D eigenvalue weighted by atomic mass is 32.1. The lowest BCUT2D eigenvalue weighted by Crippen LogP contribution is -2.40. The maximum absolute atomic E-state index is 11.9. The normalized spacial score (nSPS) is 15.0. The third-order valence-electron chi connectivity index (χ3n) is 3.90. The van der Waals surface area contributed by atoms with Gasteiger partial charge in [-0.25, -0.2) is 9.78 Å². The molecule has 2 heterocycles. The van der Waals surface area contributed by atoms with Crippen LogP contribution in [-0.2, 0) is 6.54 Å². The van der Waals surface area contributed by atoms with Crippen molar-refractivity contribution in [3.05, 3.63) is 35.1 Å². The molecule has 5 nitrogen and oxygen atoms in total. The van der Waals surface area contributed by atoms with Crippen molar-refractivity contribution in [3.63, 3.8) is 0 Å². The average molecular weight is 316 g/mol. The maximum Gasteiger partial charge on any atom is 0.315 e. The van der Waals surface area contributed by atoms with Gasteiger partial charge >= 0.3 is 6.03 Å². The molecule has 0 radical (unpaired) electrons. The summed E-state index contributed by atoms with van der Waals surface area (Å²) in [5.41, 5.74) is 1.97. The molecule has 0 bridgehead atoms. The van der Waals surface area contributed by atoms with Crippen LogP contribution >= 0.6 is 11.3 Å². The van der Waals surface area contributed by atoms with Gasteiger partial charge in [-0.2, -0.15) is 0 Å². The summed E-state index contributed by atoms with van der Waals surface area (Å²) in [6.07, 6.45) is 8.18. The summed E-state index contributed by atoms with van der Waals surface area (Å²) in [6, 6.07) is 4.16. The van der Waals surface area contributed by atoms with E-state index >= 15 is 0 Å². The van der Waals surface area contributed by atoms with E-state index < -0.39 is 0 Å². The molecule has 0 aliphatic heterocycles. The number of carbonyl (C=O) groups is 1. The molecule has 3 rings (SSSR count). The molecule has 2 aromatic heterocycles. The fourth-order valence-electron chi connectivity index (χ4n) is 2.67. The fraction of sp³-hybridized carbons (Fsp3) is 0.438. The first-order valence-corrected chi connectivity index (χ1v) is 8.45. The molecule has 1 aliphatic carbocycles. The molecular weight excluding hydrogens is 296 g/mol. The molecule has 0 aromatic carbocycles. The van der Waals surface area contributed by atoms with Crippen LogP contribution in [0.5, 0.6) is 0 Å². The van der Waals surface area contributed by atoms with E-state index in [-0.39, 0.29) is 6.03 Å². The van der Waals surface area contributed by atoms with Crippen LogP contribution in [0.2, 0.25) is 0 Å². The summed E-state index contributed by atoms with van der Waals surface area (Å²) >= 11 is 1.60. The Morgan fingerprint density at radius 1 is 1.41 bits per heavy atom. The predicted molar refractivity (Wildman–Crippen MR) is 87.7 cm³/mol. The van der Waals surface area contributed by atoms with Crippen molar-refractivity contribution in [2.45, 2.75) is 45.2 Å². The molecule has 0 unspecified atom stereocenters. The third-order valence-corrected chi connectivity index (χ3v) is 5.11. The number of hydrogen-bond acceptors (Lipinski definition) is 4. The lowest BCUT2D eigenvalue weighted by molar-refractivity contribution is 0.237. The molecule has 116 valence electrons. The van der Waals surface area contributed by atoms with Crippen LogP contribution in [0.1, 0.15) is 36.3 Å². The standard InChI is InChI=1S/C16H20N4OS/c1-11-14(10-18-16(21)20-13-6-2-3-7-13)22-15(19-11)12-5-4-8-17-9-12/h4-5,8-9,13H,2-3,6-7,10H2,1H3,(H2,18,20,21). The Morgan fingerprint density at radius 2 is 2.23 bits per heavy atom. The highest BCUT2D eigenvalue weighted by Crippen LogP contribution is 2.27. The van der Waals surface area contributed by atoms with Gasteiger partial charge in [0.15, 0.2) is 0 Å². The van der Waals surface area contributed by atoms with Crippen LogP contribution in [0.15, 0.2) is 24.5 Å². The van der Waals surface area contributed by atoms with Crippen LogP contribution in [0.3, 0.4) is 0 Å². The molecule has 0 saturated heterocycles. The van der Waals surface area contributed by atoms with Crippen LogP contribution in [0.25, 0.3) is 10.6 Å². The van der Waals surface area contributed by atoms with Crippen LogP contribution < -0.4 is 10.6 Å². The third kappa shape index (κ3) is 3.62. The zero-order chi connectivity index (χ0) is 15.4. The van der Waals surface area contributed by atoms with Crippen molar-refractivity contribution in [1.29, 1.82) is 0 Å². The van der Waals surface area contributed by atoms with Gasteiger partial charge in [-0.1, -0.05) is 12.8 Å². The van der Waals surface area contributed by atoms with E-state index in [0.717, 1.165) is 34.0 Å². The SMILES string of the molecule is Cc1nc(-c2cccnc2)sc1CNC(=O)NC1CCCC1. The first kappa shape index (κ1) is 15.0. The molecule has 1 fully saturated rings. The molecule has 6 heteroatoms. The van der Waals surface area contributed by atoms with E-state index in [4.69, 9.17) is 0 Å². The van der Waals surface area contributed by atoms with Gasteiger partial charge in [0.05, 0.1) is 12.2 Å².